The highest BCUT2D eigenvalue weighted by Crippen LogP contribution is 2.33. The van der Waals surface area contributed by atoms with Gasteiger partial charge in [0, 0.05) is 38.4 Å². The molecule has 0 atom stereocenters. The Bertz CT molecular complexity index is 934. The summed E-state index contributed by atoms with van der Waals surface area (Å²) in [7, 11) is 0. The van der Waals surface area contributed by atoms with Gasteiger partial charge in [0.15, 0.2) is 11.5 Å². The third kappa shape index (κ3) is 3.74. The SMILES string of the molecule is Cc1ccn(-c2ccc3c(c2)OCO3)c(=O)c1C(=O)NCCN1CCOCC1. The van der Waals surface area contributed by atoms with Crippen LogP contribution >= 0.6 is 0 Å². The van der Waals surface area contributed by atoms with Gasteiger partial charge in [-0.3, -0.25) is 19.1 Å². The molecular weight excluding hydrogens is 362 g/mol. The van der Waals surface area contributed by atoms with Gasteiger partial charge in [-0.2, -0.15) is 0 Å². The Labute approximate surface area is 162 Å². The lowest BCUT2D eigenvalue weighted by atomic mass is 10.1. The van der Waals surface area contributed by atoms with Crippen LogP contribution in [0.4, 0.5) is 0 Å². The zero-order chi connectivity index (χ0) is 19.5. The molecule has 4 rings (SSSR count). The number of benzene rings is 1. The van der Waals surface area contributed by atoms with E-state index in [0.717, 1.165) is 19.6 Å². The number of aryl methyl sites for hydroxylation is 1. The summed E-state index contributed by atoms with van der Waals surface area (Å²) in [5.41, 5.74) is 1.06. The fourth-order valence-corrected chi connectivity index (χ4v) is 3.38. The maximum absolute atomic E-state index is 13.0. The molecule has 0 unspecified atom stereocenters. The van der Waals surface area contributed by atoms with Crippen LogP contribution in [0.3, 0.4) is 0 Å². The van der Waals surface area contributed by atoms with Gasteiger partial charge < -0.3 is 19.5 Å². The van der Waals surface area contributed by atoms with E-state index in [9.17, 15) is 9.59 Å². The normalized spacial score (nSPS) is 16.2. The number of carbonyl (C=O) groups excluding carboxylic acids is 1. The maximum Gasteiger partial charge on any atom is 0.268 e. The van der Waals surface area contributed by atoms with Gasteiger partial charge in [0.25, 0.3) is 11.5 Å². The summed E-state index contributed by atoms with van der Waals surface area (Å²) in [6.45, 7) is 6.29. The van der Waals surface area contributed by atoms with E-state index in [1.807, 2.05) is 0 Å². The van der Waals surface area contributed by atoms with E-state index in [2.05, 4.69) is 10.2 Å². The van der Waals surface area contributed by atoms with Crippen LogP contribution in [0.15, 0.2) is 35.3 Å². The van der Waals surface area contributed by atoms with Crippen LogP contribution in [-0.4, -0.2) is 61.6 Å². The molecule has 1 saturated heterocycles. The van der Waals surface area contributed by atoms with Crippen molar-refractivity contribution in [2.45, 2.75) is 6.92 Å². The highest BCUT2D eigenvalue weighted by molar-refractivity contribution is 5.95. The number of hydrogen-bond acceptors (Lipinski definition) is 6. The summed E-state index contributed by atoms with van der Waals surface area (Å²) >= 11 is 0. The highest BCUT2D eigenvalue weighted by Gasteiger charge is 2.19. The molecule has 8 heteroatoms. The van der Waals surface area contributed by atoms with E-state index in [4.69, 9.17) is 14.2 Å². The number of hydrogen-bond donors (Lipinski definition) is 1. The van der Waals surface area contributed by atoms with Crippen molar-refractivity contribution in [3.63, 3.8) is 0 Å². The summed E-state index contributed by atoms with van der Waals surface area (Å²) in [4.78, 5) is 27.9. The predicted octanol–water partition coefficient (Wildman–Crippen LogP) is 0.937. The van der Waals surface area contributed by atoms with Gasteiger partial charge in [0.05, 0.1) is 18.9 Å². The largest absolute Gasteiger partial charge is 0.454 e. The fraction of sp³-hybridized carbons (Fsp3) is 0.400. The van der Waals surface area contributed by atoms with Gasteiger partial charge in [-0.05, 0) is 30.7 Å². The average Bonchev–Trinajstić information content (AvgIpc) is 3.17. The van der Waals surface area contributed by atoms with E-state index in [1.165, 1.54) is 4.57 Å². The lowest BCUT2D eigenvalue weighted by Gasteiger charge is -2.26. The number of ether oxygens (including phenoxy) is 3. The summed E-state index contributed by atoms with van der Waals surface area (Å²) in [5.74, 6) is 0.873. The minimum Gasteiger partial charge on any atom is -0.454 e. The molecule has 148 valence electrons. The van der Waals surface area contributed by atoms with Crippen molar-refractivity contribution in [3.8, 4) is 17.2 Å². The first-order valence-electron chi connectivity index (χ1n) is 9.34. The minimum atomic E-state index is -0.359. The van der Waals surface area contributed by atoms with E-state index >= 15 is 0 Å². The van der Waals surface area contributed by atoms with Gasteiger partial charge in [0.1, 0.15) is 5.56 Å². The van der Waals surface area contributed by atoms with Gasteiger partial charge in [-0.1, -0.05) is 0 Å². The quantitative estimate of drug-likeness (QED) is 0.825. The number of morpholine rings is 1. The topological polar surface area (TPSA) is 82.0 Å². The number of amides is 1. The van der Waals surface area contributed by atoms with Crippen molar-refractivity contribution in [2.24, 2.45) is 0 Å². The monoisotopic (exact) mass is 385 g/mol. The second kappa shape index (κ2) is 8.04. The molecule has 1 aromatic heterocycles. The summed E-state index contributed by atoms with van der Waals surface area (Å²) in [6, 6.07) is 7.03. The third-order valence-electron chi connectivity index (χ3n) is 4.98. The molecule has 0 bridgehead atoms. The molecule has 1 aromatic carbocycles. The number of nitrogens with one attached hydrogen (secondary N) is 1. The molecule has 1 N–H and O–H groups in total. The molecule has 28 heavy (non-hydrogen) atoms. The van der Waals surface area contributed by atoms with Crippen LogP contribution in [0, 0.1) is 6.92 Å². The third-order valence-corrected chi connectivity index (χ3v) is 4.98. The number of fused-ring (bicyclic) bond motifs is 1. The molecule has 0 spiro atoms. The molecule has 0 saturated carbocycles. The zero-order valence-corrected chi connectivity index (χ0v) is 15.8. The predicted molar refractivity (Wildman–Crippen MR) is 102 cm³/mol. The molecule has 8 nitrogen and oxygen atoms in total. The zero-order valence-electron chi connectivity index (χ0n) is 15.8. The van der Waals surface area contributed by atoms with E-state index in [1.54, 1.807) is 37.4 Å². The lowest BCUT2D eigenvalue weighted by Crippen LogP contribution is -2.42. The average molecular weight is 385 g/mol. The number of pyridine rings is 1. The van der Waals surface area contributed by atoms with E-state index in [0.29, 0.717) is 42.5 Å². The molecule has 0 radical (unpaired) electrons. The van der Waals surface area contributed by atoms with Crippen molar-refractivity contribution in [2.75, 3.05) is 46.2 Å². The van der Waals surface area contributed by atoms with Crippen LogP contribution in [0.2, 0.25) is 0 Å². The first-order valence-corrected chi connectivity index (χ1v) is 9.34. The first kappa shape index (κ1) is 18.5. The highest BCUT2D eigenvalue weighted by atomic mass is 16.7. The Morgan fingerprint density at radius 3 is 2.75 bits per heavy atom. The van der Waals surface area contributed by atoms with Crippen molar-refractivity contribution in [1.82, 2.24) is 14.8 Å². The lowest BCUT2D eigenvalue weighted by molar-refractivity contribution is 0.0383. The van der Waals surface area contributed by atoms with Crippen LogP contribution in [-0.2, 0) is 4.74 Å². The second-order valence-corrected chi connectivity index (χ2v) is 6.80. The Hall–Kier alpha value is -2.84. The smallest absolute Gasteiger partial charge is 0.268 e. The number of aromatic nitrogens is 1. The molecule has 3 heterocycles. The van der Waals surface area contributed by atoms with Crippen molar-refractivity contribution >= 4 is 5.91 Å². The Morgan fingerprint density at radius 1 is 1.14 bits per heavy atom. The van der Waals surface area contributed by atoms with E-state index < -0.39 is 0 Å². The Kier molecular flexibility index (Phi) is 5.31. The Morgan fingerprint density at radius 2 is 1.93 bits per heavy atom. The number of nitrogens with zero attached hydrogens (tertiary/aromatic N) is 2. The second-order valence-electron chi connectivity index (χ2n) is 6.80. The maximum atomic E-state index is 13.0. The first-order chi connectivity index (χ1) is 13.6. The van der Waals surface area contributed by atoms with E-state index in [-0.39, 0.29) is 23.8 Å². The Balaban J connectivity index is 1.51. The molecular formula is C20H23N3O5. The van der Waals surface area contributed by atoms with Crippen LogP contribution in [0.25, 0.3) is 5.69 Å². The minimum absolute atomic E-state index is 0.155. The molecule has 1 fully saturated rings. The molecule has 1 amide bonds. The molecule has 2 aliphatic heterocycles. The number of rotatable bonds is 5. The molecule has 2 aromatic rings. The molecule has 2 aliphatic rings. The summed E-state index contributed by atoms with van der Waals surface area (Å²) in [6.07, 6.45) is 1.67. The standard InChI is InChI=1S/C20H23N3O5/c1-14-4-6-23(15-2-3-16-17(12-15)28-13-27-16)20(25)18(14)19(24)21-5-7-22-8-10-26-11-9-22/h2-4,6,12H,5,7-11,13H2,1H3,(H,21,24). The molecule has 0 aliphatic carbocycles. The van der Waals surface area contributed by atoms with Crippen molar-refractivity contribution in [3.05, 3.63) is 51.9 Å². The van der Waals surface area contributed by atoms with Crippen LogP contribution in [0.1, 0.15) is 15.9 Å². The van der Waals surface area contributed by atoms with Gasteiger partial charge in [-0.25, -0.2) is 0 Å². The van der Waals surface area contributed by atoms with Gasteiger partial charge in [-0.15, -0.1) is 0 Å². The summed E-state index contributed by atoms with van der Waals surface area (Å²) < 4.78 is 17.5. The van der Waals surface area contributed by atoms with Gasteiger partial charge in [0.2, 0.25) is 6.79 Å². The fourth-order valence-electron chi connectivity index (χ4n) is 3.38. The van der Waals surface area contributed by atoms with Crippen molar-refractivity contribution < 1.29 is 19.0 Å². The van der Waals surface area contributed by atoms with Crippen LogP contribution < -0.4 is 20.3 Å². The van der Waals surface area contributed by atoms with Crippen molar-refractivity contribution in [1.29, 1.82) is 0 Å². The van der Waals surface area contributed by atoms with Gasteiger partial charge >= 0.3 is 0 Å². The number of carbonyl (C=O) groups is 1. The summed E-state index contributed by atoms with van der Waals surface area (Å²) in [5, 5.41) is 2.87. The van der Waals surface area contributed by atoms with Crippen LogP contribution in [0.5, 0.6) is 11.5 Å².